The summed E-state index contributed by atoms with van der Waals surface area (Å²) in [4.78, 5) is 26.3. The van der Waals surface area contributed by atoms with Crippen molar-refractivity contribution in [1.82, 2.24) is 4.98 Å². The lowest BCUT2D eigenvalue weighted by atomic mass is 10.2. The zero-order valence-corrected chi connectivity index (χ0v) is 11.1. The van der Waals surface area contributed by atoms with Crippen molar-refractivity contribution >= 4 is 23.4 Å². The number of hydrogen-bond donors (Lipinski definition) is 3. The van der Waals surface area contributed by atoms with Crippen LogP contribution in [0.4, 0.5) is 20.6 Å². The van der Waals surface area contributed by atoms with Crippen LogP contribution in [0.3, 0.4) is 0 Å². The van der Waals surface area contributed by atoms with Crippen LogP contribution in [0.1, 0.15) is 15.9 Å². The molecule has 108 valence electrons. The number of nitrogens with zero attached hydrogens (tertiary/aromatic N) is 1. The summed E-state index contributed by atoms with van der Waals surface area (Å²) in [6, 6.07) is 4.88. The summed E-state index contributed by atoms with van der Waals surface area (Å²) in [6.07, 6.45) is 2.45. The second kappa shape index (κ2) is 6.00. The number of carbonyl (C=O) groups excluding carboxylic acids is 1. The third kappa shape index (κ3) is 3.75. The monoisotopic (exact) mass is 289 g/mol. The Morgan fingerprint density at radius 3 is 2.67 bits per heavy atom. The Morgan fingerprint density at radius 1 is 1.19 bits per heavy atom. The first kappa shape index (κ1) is 14.4. The SMILES string of the molecule is Cc1ccc(F)c(NC(=O)Nc2cncc(C(=O)O)c2)c1. The predicted octanol–water partition coefficient (Wildman–Crippen LogP) is 2.87. The summed E-state index contributed by atoms with van der Waals surface area (Å²) in [5, 5.41) is 13.6. The molecule has 7 heteroatoms. The topological polar surface area (TPSA) is 91.3 Å². The van der Waals surface area contributed by atoms with Crippen LogP contribution < -0.4 is 10.6 Å². The third-order valence-electron chi connectivity index (χ3n) is 2.61. The number of benzene rings is 1. The standard InChI is InChI=1S/C14H12FN3O3/c1-8-2-3-11(15)12(4-8)18-14(21)17-10-5-9(13(19)20)6-16-7-10/h2-7H,1H3,(H,19,20)(H2,17,18,21). The normalized spacial score (nSPS) is 10.0. The molecule has 0 unspecified atom stereocenters. The number of aromatic nitrogens is 1. The molecule has 1 heterocycles. The van der Waals surface area contributed by atoms with Crippen molar-refractivity contribution in [2.24, 2.45) is 0 Å². The quantitative estimate of drug-likeness (QED) is 0.810. The highest BCUT2D eigenvalue weighted by Gasteiger charge is 2.09. The van der Waals surface area contributed by atoms with E-state index in [0.29, 0.717) is 0 Å². The number of anilines is 2. The van der Waals surface area contributed by atoms with E-state index in [0.717, 1.165) is 11.8 Å². The molecular formula is C14H12FN3O3. The average Bonchev–Trinajstić information content (AvgIpc) is 2.43. The lowest BCUT2D eigenvalue weighted by Crippen LogP contribution is -2.20. The van der Waals surface area contributed by atoms with Gasteiger partial charge < -0.3 is 15.7 Å². The number of amides is 2. The lowest BCUT2D eigenvalue weighted by molar-refractivity contribution is 0.0696. The molecule has 2 aromatic rings. The molecule has 2 amide bonds. The fraction of sp³-hybridized carbons (Fsp3) is 0.0714. The molecule has 21 heavy (non-hydrogen) atoms. The van der Waals surface area contributed by atoms with Crippen LogP contribution in [0.2, 0.25) is 0 Å². The first-order chi connectivity index (χ1) is 9.95. The maximum Gasteiger partial charge on any atom is 0.337 e. The van der Waals surface area contributed by atoms with E-state index in [1.807, 2.05) is 0 Å². The minimum Gasteiger partial charge on any atom is -0.478 e. The van der Waals surface area contributed by atoms with E-state index in [1.165, 1.54) is 24.4 Å². The first-order valence-electron chi connectivity index (χ1n) is 5.98. The summed E-state index contributed by atoms with van der Waals surface area (Å²) < 4.78 is 13.5. The number of hydrogen-bond acceptors (Lipinski definition) is 3. The van der Waals surface area contributed by atoms with Gasteiger partial charge in [-0.2, -0.15) is 0 Å². The van der Waals surface area contributed by atoms with Gasteiger partial charge in [-0.15, -0.1) is 0 Å². The van der Waals surface area contributed by atoms with Gasteiger partial charge in [0.1, 0.15) is 5.82 Å². The molecule has 2 rings (SSSR count). The number of aryl methyl sites for hydroxylation is 1. The highest BCUT2D eigenvalue weighted by molar-refractivity contribution is 6.00. The first-order valence-corrected chi connectivity index (χ1v) is 5.98. The minimum atomic E-state index is -1.16. The van der Waals surface area contributed by atoms with Crippen molar-refractivity contribution in [3.05, 3.63) is 53.6 Å². The smallest absolute Gasteiger partial charge is 0.337 e. The van der Waals surface area contributed by atoms with Gasteiger partial charge in [0.15, 0.2) is 0 Å². The molecule has 1 aromatic heterocycles. The van der Waals surface area contributed by atoms with E-state index in [1.54, 1.807) is 13.0 Å². The van der Waals surface area contributed by atoms with Gasteiger partial charge in [0, 0.05) is 6.20 Å². The van der Waals surface area contributed by atoms with E-state index in [2.05, 4.69) is 15.6 Å². The predicted molar refractivity (Wildman–Crippen MR) is 75.0 cm³/mol. The molecule has 0 saturated heterocycles. The zero-order chi connectivity index (χ0) is 15.4. The molecule has 1 aromatic carbocycles. The van der Waals surface area contributed by atoms with Crippen molar-refractivity contribution in [2.75, 3.05) is 10.6 Å². The van der Waals surface area contributed by atoms with E-state index >= 15 is 0 Å². The Bertz CT molecular complexity index is 704. The second-order valence-electron chi connectivity index (χ2n) is 4.33. The minimum absolute atomic E-state index is 0.0369. The van der Waals surface area contributed by atoms with Gasteiger partial charge in [-0.25, -0.2) is 14.0 Å². The number of rotatable bonds is 3. The molecule has 0 radical (unpaired) electrons. The number of pyridine rings is 1. The summed E-state index contributed by atoms with van der Waals surface area (Å²) in [5.41, 5.74) is 0.964. The zero-order valence-electron chi connectivity index (χ0n) is 11.1. The lowest BCUT2D eigenvalue weighted by Gasteiger charge is -2.09. The highest BCUT2D eigenvalue weighted by atomic mass is 19.1. The van der Waals surface area contributed by atoms with Crippen molar-refractivity contribution < 1.29 is 19.1 Å². The molecule has 0 atom stereocenters. The number of nitrogens with one attached hydrogen (secondary N) is 2. The molecule has 0 saturated carbocycles. The van der Waals surface area contributed by atoms with Crippen molar-refractivity contribution in [3.63, 3.8) is 0 Å². The van der Waals surface area contributed by atoms with Gasteiger partial charge in [-0.3, -0.25) is 4.98 Å². The Kier molecular flexibility index (Phi) is 4.13. The van der Waals surface area contributed by atoms with Gasteiger partial charge in [-0.1, -0.05) is 6.07 Å². The highest BCUT2D eigenvalue weighted by Crippen LogP contribution is 2.16. The summed E-state index contributed by atoms with van der Waals surface area (Å²) in [6.45, 7) is 1.77. The van der Waals surface area contributed by atoms with Crippen molar-refractivity contribution in [1.29, 1.82) is 0 Å². The molecule has 6 nitrogen and oxygen atoms in total. The fourth-order valence-corrected chi connectivity index (χ4v) is 1.64. The Labute approximate surface area is 119 Å². The molecule has 0 spiro atoms. The van der Waals surface area contributed by atoms with Crippen molar-refractivity contribution in [3.8, 4) is 0 Å². The van der Waals surface area contributed by atoms with Gasteiger partial charge in [0.25, 0.3) is 0 Å². The number of aromatic carboxylic acids is 1. The molecule has 0 bridgehead atoms. The number of urea groups is 1. The Balaban J connectivity index is 2.10. The van der Waals surface area contributed by atoms with Gasteiger partial charge in [0.2, 0.25) is 0 Å². The van der Waals surface area contributed by atoms with Crippen LogP contribution in [-0.2, 0) is 0 Å². The van der Waals surface area contributed by atoms with Gasteiger partial charge in [-0.05, 0) is 30.7 Å². The molecule has 0 fully saturated rings. The molecule has 0 aliphatic rings. The maximum atomic E-state index is 13.5. The molecule has 0 aliphatic carbocycles. The van der Waals surface area contributed by atoms with E-state index in [9.17, 15) is 14.0 Å². The van der Waals surface area contributed by atoms with E-state index < -0.39 is 17.8 Å². The Hall–Kier alpha value is -2.96. The summed E-state index contributed by atoms with van der Waals surface area (Å²) >= 11 is 0. The maximum absolute atomic E-state index is 13.5. The van der Waals surface area contributed by atoms with Crippen molar-refractivity contribution in [2.45, 2.75) is 6.92 Å². The number of carbonyl (C=O) groups is 2. The number of carboxylic acids is 1. The number of carboxylic acid groups (broad SMARTS) is 1. The molecule has 3 N–H and O–H groups in total. The summed E-state index contributed by atoms with van der Waals surface area (Å²) in [7, 11) is 0. The van der Waals surface area contributed by atoms with Crippen LogP contribution in [0, 0.1) is 12.7 Å². The Morgan fingerprint density at radius 2 is 1.95 bits per heavy atom. The van der Waals surface area contributed by atoms with Crippen LogP contribution in [-0.4, -0.2) is 22.1 Å². The van der Waals surface area contributed by atoms with Crippen LogP contribution >= 0.6 is 0 Å². The number of halogens is 1. The van der Waals surface area contributed by atoms with Crippen LogP contribution in [0.5, 0.6) is 0 Å². The third-order valence-corrected chi connectivity index (χ3v) is 2.61. The van der Waals surface area contributed by atoms with Crippen LogP contribution in [0.15, 0.2) is 36.7 Å². The summed E-state index contributed by atoms with van der Waals surface area (Å²) in [5.74, 6) is -1.72. The van der Waals surface area contributed by atoms with Gasteiger partial charge in [0.05, 0.1) is 23.1 Å². The molecule has 0 aliphatic heterocycles. The van der Waals surface area contributed by atoms with E-state index in [-0.39, 0.29) is 16.9 Å². The largest absolute Gasteiger partial charge is 0.478 e. The molecular weight excluding hydrogens is 277 g/mol. The van der Waals surface area contributed by atoms with Crippen LogP contribution in [0.25, 0.3) is 0 Å². The fourth-order valence-electron chi connectivity index (χ4n) is 1.64. The van der Waals surface area contributed by atoms with Gasteiger partial charge >= 0.3 is 12.0 Å². The second-order valence-corrected chi connectivity index (χ2v) is 4.33. The van der Waals surface area contributed by atoms with E-state index in [4.69, 9.17) is 5.11 Å². The average molecular weight is 289 g/mol.